The summed E-state index contributed by atoms with van der Waals surface area (Å²) in [6.45, 7) is 2.98. The van der Waals surface area contributed by atoms with Gasteiger partial charge in [0.15, 0.2) is 0 Å². The van der Waals surface area contributed by atoms with Gasteiger partial charge >= 0.3 is 5.54 Å². The van der Waals surface area contributed by atoms with Crippen molar-refractivity contribution in [1.29, 1.82) is 0 Å². The van der Waals surface area contributed by atoms with Crippen LogP contribution in [0, 0.1) is 26.1 Å². The third kappa shape index (κ3) is 2.13. The normalized spacial score (nSPS) is 30.5. The number of nitro groups is 2. The number of hydrogen-bond acceptors (Lipinski definition) is 7. The monoisotopic (exact) mass is 361 g/mol. The molecule has 2 aliphatic rings. The first-order chi connectivity index (χ1) is 12.2. The molecule has 0 amide bonds. The second-order valence-electron chi connectivity index (χ2n) is 7.00. The van der Waals surface area contributed by atoms with Crippen molar-refractivity contribution in [2.24, 2.45) is 5.92 Å². The van der Waals surface area contributed by atoms with E-state index in [9.17, 15) is 29.8 Å². The molecule has 1 aliphatic heterocycles. The number of likely N-dealkylation sites (tertiary alicyclic amines) is 1. The molecule has 0 spiro atoms. The maximum Gasteiger partial charge on any atom is 0.306 e. The van der Waals surface area contributed by atoms with Crippen LogP contribution in [0.5, 0.6) is 0 Å². The van der Waals surface area contributed by atoms with Crippen molar-refractivity contribution >= 4 is 11.6 Å². The number of rotatable bonds is 5. The molecule has 138 valence electrons. The molecule has 9 heteroatoms. The Balaban J connectivity index is 2.43. The molecule has 0 saturated carbocycles. The minimum absolute atomic E-state index is 0.0106. The molecule has 3 rings (SSSR count). The Hall–Kier alpha value is -2.68. The van der Waals surface area contributed by atoms with Gasteiger partial charge in [0, 0.05) is 27.4 Å². The molecule has 3 atom stereocenters. The summed E-state index contributed by atoms with van der Waals surface area (Å²) in [6, 6.07) is 5.99. The summed E-state index contributed by atoms with van der Waals surface area (Å²) in [5.74, 6) is -2.49. The third-order valence-electron chi connectivity index (χ3n) is 5.70. The molecule has 1 aromatic carbocycles. The number of hydrogen-bond donors (Lipinski definition) is 0. The van der Waals surface area contributed by atoms with E-state index in [4.69, 9.17) is 0 Å². The maximum atomic E-state index is 13.2. The molecule has 0 aromatic heterocycles. The smallest absolute Gasteiger partial charge is 0.300 e. The highest BCUT2D eigenvalue weighted by Crippen LogP contribution is 2.53. The van der Waals surface area contributed by atoms with Crippen molar-refractivity contribution in [3.63, 3.8) is 0 Å². The van der Waals surface area contributed by atoms with Crippen molar-refractivity contribution in [3.8, 4) is 0 Å². The number of carbonyl (C=O) groups is 2. The third-order valence-corrected chi connectivity index (χ3v) is 5.70. The molecule has 26 heavy (non-hydrogen) atoms. The van der Waals surface area contributed by atoms with Crippen LogP contribution in [0.25, 0.3) is 0 Å². The van der Waals surface area contributed by atoms with Gasteiger partial charge in [0.1, 0.15) is 11.7 Å². The van der Waals surface area contributed by atoms with Crippen molar-refractivity contribution in [3.05, 3.63) is 55.6 Å². The molecular formula is C17H19N3O6. The highest BCUT2D eigenvalue weighted by atomic mass is 16.6. The minimum Gasteiger partial charge on any atom is -0.300 e. The quantitative estimate of drug-likeness (QED) is 0.572. The summed E-state index contributed by atoms with van der Waals surface area (Å²) in [5.41, 5.74) is -3.91. The minimum atomic E-state index is -2.21. The first-order valence-electron chi connectivity index (χ1n) is 8.37. The van der Waals surface area contributed by atoms with Crippen LogP contribution in [-0.4, -0.2) is 51.5 Å². The fourth-order valence-corrected chi connectivity index (χ4v) is 4.55. The Morgan fingerprint density at radius 3 is 2.31 bits per heavy atom. The predicted octanol–water partition coefficient (Wildman–Crippen LogP) is 1.30. The topological polar surface area (TPSA) is 124 Å². The van der Waals surface area contributed by atoms with Crippen molar-refractivity contribution in [2.45, 2.75) is 31.3 Å². The summed E-state index contributed by atoms with van der Waals surface area (Å²) >= 11 is 0. The maximum absolute atomic E-state index is 13.2. The molecule has 0 unspecified atom stereocenters. The van der Waals surface area contributed by atoms with Gasteiger partial charge in [0.2, 0.25) is 5.78 Å². The predicted molar refractivity (Wildman–Crippen MR) is 90.1 cm³/mol. The Kier molecular flexibility index (Phi) is 4.14. The van der Waals surface area contributed by atoms with Gasteiger partial charge in [-0.25, -0.2) is 0 Å². The molecule has 0 radical (unpaired) electrons. The zero-order valence-corrected chi connectivity index (χ0v) is 14.5. The highest BCUT2D eigenvalue weighted by Gasteiger charge is 2.77. The standard InChI is InChI=1S/C17H19N3O6/c1-3-18-9-16(19(23)24)13-7-5-4-6-12(13)15(22)17(10-18,20(25)26)14(16)8-11(2)21/h4-7,14H,3,8-10H2,1-2H3/t14-,16+,17+/m1/s1. The Morgan fingerprint density at radius 2 is 1.77 bits per heavy atom. The fourth-order valence-electron chi connectivity index (χ4n) is 4.55. The lowest BCUT2D eigenvalue weighted by atomic mass is 9.56. The van der Waals surface area contributed by atoms with Crippen LogP contribution in [0.4, 0.5) is 0 Å². The van der Waals surface area contributed by atoms with Crippen LogP contribution in [0.1, 0.15) is 36.2 Å². The van der Waals surface area contributed by atoms with E-state index in [1.165, 1.54) is 25.1 Å². The molecule has 1 fully saturated rings. The van der Waals surface area contributed by atoms with E-state index in [1.807, 2.05) is 0 Å². The van der Waals surface area contributed by atoms with Crippen LogP contribution in [-0.2, 0) is 10.3 Å². The Bertz CT molecular complexity index is 824. The lowest BCUT2D eigenvalue weighted by Gasteiger charge is -2.50. The number of carbonyl (C=O) groups excluding carboxylic acids is 2. The van der Waals surface area contributed by atoms with Gasteiger partial charge in [0.05, 0.1) is 13.1 Å². The van der Waals surface area contributed by atoms with E-state index in [0.717, 1.165) is 0 Å². The van der Waals surface area contributed by atoms with Crippen LogP contribution in [0.2, 0.25) is 0 Å². The summed E-state index contributed by atoms with van der Waals surface area (Å²) in [5, 5.41) is 24.5. The lowest BCUT2D eigenvalue weighted by Crippen LogP contribution is -2.75. The first-order valence-corrected chi connectivity index (χ1v) is 8.37. The van der Waals surface area contributed by atoms with E-state index >= 15 is 0 Å². The van der Waals surface area contributed by atoms with Gasteiger partial charge in [-0.05, 0) is 13.5 Å². The molecule has 1 heterocycles. The molecule has 0 N–H and O–H groups in total. The number of likely N-dealkylation sites (N-methyl/N-ethyl adjacent to an activating group) is 1. The van der Waals surface area contributed by atoms with Crippen LogP contribution in [0.3, 0.4) is 0 Å². The highest BCUT2D eigenvalue weighted by molar-refractivity contribution is 6.06. The average Bonchev–Trinajstić information content (AvgIpc) is 2.59. The average molecular weight is 361 g/mol. The SMILES string of the molecule is CCN1C[C@]2([N+](=O)[O-])c3ccccc3C(=O)[C@]([N+](=O)[O-])(C1)[C@@H]2CC(C)=O. The largest absolute Gasteiger partial charge is 0.306 e. The number of piperidine rings is 1. The van der Waals surface area contributed by atoms with Gasteiger partial charge in [-0.3, -0.25) is 29.9 Å². The second-order valence-corrected chi connectivity index (χ2v) is 7.00. The van der Waals surface area contributed by atoms with Crippen molar-refractivity contribution < 1.29 is 19.4 Å². The summed E-state index contributed by atoms with van der Waals surface area (Å²) in [4.78, 5) is 49.9. The van der Waals surface area contributed by atoms with Crippen LogP contribution in [0.15, 0.2) is 24.3 Å². The van der Waals surface area contributed by atoms with Gasteiger partial charge in [-0.1, -0.05) is 31.2 Å². The lowest BCUT2D eigenvalue weighted by molar-refractivity contribution is -0.640. The van der Waals surface area contributed by atoms with Gasteiger partial charge in [0.25, 0.3) is 5.54 Å². The summed E-state index contributed by atoms with van der Waals surface area (Å²) in [7, 11) is 0. The number of ketones is 2. The Morgan fingerprint density at radius 1 is 1.19 bits per heavy atom. The molecule has 1 aromatic rings. The Labute approximate surface area is 149 Å². The van der Waals surface area contributed by atoms with Crippen molar-refractivity contribution in [2.75, 3.05) is 19.6 Å². The van der Waals surface area contributed by atoms with E-state index in [-0.39, 0.29) is 30.6 Å². The summed E-state index contributed by atoms with van der Waals surface area (Å²) in [6.07, 6.45) is -0.389. The van der Waals surface area contributed by atoms with Crippen LogP contribution < -0.4 is 0 Å². The van der Waals surface area contributed by atoms with E-state index in [1.54, 1.807) is 17.9 Å². The van der Waals surface area contributed by atoms with Gasteiger partial charge in [-0.2, -0.15) is 0 Å². The number of nitrogens with zero attached hydrogens (tertiary/aromatic N) is 3. The van der Waals surface area contributed by atoms with E-state index < -0.39 is 38.4 Å². The second kappa shape index (κ2) is 5.94. The van der Waals surface area contributed by atoms with E-state index in [2.05, 4.69) is 0 Å². The van der Waals surface area contributed by atoms with Gasteiger partial charge in [-0.15, -0.1) is 0 Å². The molecule has 1 saturated heterocycles. The van der Waals surface area contributed by atoms with Crippen LogP contribution >= 0.6 is 0 Å². The van der Waals surface area contributed by atoms with Crippen molar-refractivity contribution in [1.82, 2.24) is 4.90 Å². The molecule has 1 aliphatic carbocycles. The zero-order valence-electron chi connectivity index (χ0n) is 14.5. The zero-order chi connectivity index (χ0) is 19.3. The van der Waals surface area contributed by atoms with E-state index in [0.29, 0.717) is 6.54 Å². The number of benzene rings is 1. The molecular weight excluding hydrogens is 342 g/mol. The number of fused-ring (bicyclic) bond motifs is 4. The first kappa shape index (κ1) is 18.1. The molecule has 9 nitrogen and oxygen atoms in total. The summed E-state index contributed by atoms with van der Waals surface area (Å²) < 4.78 is 0. The number of Topliss-reactive ketones (excluding diaryl/α,β-unsaturated/α-hetero) is 2. The molecule has 2 bridgehead atoms. The van der Waals surface area contributed by atoms with Gasteiger partial charge < -0.3 is 4.79 Å². The fraction of sp³-hybridized carbons (Fsp3) is 0.529.